The van der Waals surface area contributed by atoms with Gasteiger partial charge in [0.15, 0.2) is 0 Å². The maximum atomic E-state index is 11.3. The Labute approximate surface area is 153 Å². The Bertz CT molecular complexity index is 726. The number of hydrogen-bond donors (Lipinski definition) is 1. The highest BCUT2D eigenvalue weighted by Crippen LogP contribution is 2.23. The van der Waals surface area contributed by atoms with Crippen LogP contribution in [-0.4, -0.2) is 84.9 Å². The van der Waals surface area contributed by atoms with Crippen molar-refractivity contribution in [2.75, 3.05) is 53.0 Å². The summed E-state index contributed by atoms with van der Waals surface area (Å²) in [6, 6.07) is 9.57. The van der Waals surface area contributed by atoms with Gasteiger partial charge in [0.25, 0.3) is 0 Å². The van der Waals surface area contributed by atoms with Gasteiger partial charge in [0.05, 0.1) is 19.2 Å². The number of benzene rings is 1. The molecule has 0 radical (unpaired) electrons. The Morgan fingerprint density at radius 3 is 2.73 bits per heavy atom. The van der Waals surface area contributed by atoms with E-state index in [-0.39, 0.29) is 12.6 Å². The van der Waals surface area contributed by atoms with Gasteiger partial charge in [-0.3, -0.25) is 19.6 Å². The minimum absolute atomic E-state index is 0.212. The Morgan fingerprint density at radius 2 is 1.96 bits per heavy atom. The molecule has 0 unspecified atom stereocenters. The van der Waals surface area contributed by atoms with Gasteiger partial charge in [0, 0.05) is 44.3 Å². The topological polar surface area (TPSA) is 75.1 Å². The first kappa shape index (κ1) is 18.6. The summed E-state index contributed by atoms with van der Waals surface area (Å²) in [4.78, 5) is 19.9. The molecule has 140 valence electrons. The van der Waals surface area contributed by atoms with Crippen LogP contribution < -0.4 is 4.74 Å². The standard InChI is InChI=1S/C19H25N3O4/c1-25-19(24)13-22-10-8-21(9-11-22)12-15(23)14-26-18-6-2-5-17-16(18)4-3-7-20-17/h2-7,15,23H,8-14H2,1H3/t15-/m1/s1. The predicted molar refractivity (Wildman–Crippen MR) is 98.1 cm³/mol. The molecule has 7 nitrogen and oxygen atoms in total. The summed E-state index contributed by atoms with van der Waals surface area (Å²) in [7, 11) is 1.40. The van der Waals surface area contributed by atoms with Crippen LogP contribution >= 0.6 is 0 Å². The normalized spacial score (nSPS) is 17.2. The number of fused-ring (bicyclic) bond motifs is 1. The van der Waals surface area contributed by atoms with E-state index in [1.54, 1.807) is 6.20 Å². The molecule has 1 aliphatic heterocycles. The zero-order valence-corrected chi connectivity index (χ0v) is 15.0. The minimum Gasteiger partial charge on any atom is -0.490 e. The number of nitrogens with zero attached hydrogens (tertiary/aromatic N) is 3. The number of aromatic nitrogens is 1. The summed E-state index contributed by atoms with van der Waals surface area (Å²) in [5.41, 5.74) is 0.876. The lowest BCUT2D eigenvalue weighted by Crippen LogP contribution is -2.50. The average molecular weight is 359 g/mol. The number of hydrogen-bond acceptors (Lipinski definition) is 7. The van der Waals surface area contributed by atoms with E-state index in [2.05, 4.69) is 14.8 Å². The Morgan fingerprint density at radius 1 is 1.19 bits per heavy atom. The number of β-amino-alcohol motifs (C(OH)–C–C–N with tert-alkyl or cyclic N) is 1. The van der Waals surface area contributed by atoms with Gasteiger partial charge in [0.2, 0.25) is 0 Å². The van der Waals surface area contributed by atoms with Crippen molar-refractivity contribution in [1.29, 1.82) is 0 Å². The molecule has 0 spiro atoms. The number of carbonyl (C=O) groups excluding carboxylic acids is 1. The number of esters is 1. The van der Waals surface area contributed by atoms with E-state index in [4.69, 9.17) is 9.47 Å². The molecular weight excluding hydrogens is 334 g/mol. The number of aliphatic hydroxyl groups excluding tert-OH is 1. The molecule has 2 aromatic rings. The van der Waals surface area contributed by atoms with Crippen molar-refractivity contribution in [3.05, 3.63) is 36.5 Å². The molecule has 0 aliphatic carbocycles. The zero-order valence-electron chi connectivity index (χ0n) is 15.0. The molecule has 2 heterocycles. The molecule has 1 saturated heterocycles. The molecule has 0 bridgehead atoms. The van der Waals surface area contributed by atoms with Crippen LogP contribution in [0.1, 0.15) is 0 Å². The maximum absolute atomic E-state index is 11.3. The van der Waals surface area contributed by atoms with Crippen LogP contribution in [0.3, 0.4) is 0 Å². The third kappa shape index (κ3) is 4.91. The Balaban J connectivity index is 1.45. The van der Waals surface area contributed by atoms with Crippen LogP contribution in [0.15, 0.2) is 36.5 Å². The lowest BCUT2D eigenvalue weighted by atomic mass is 10.2. The highest BCUT2D eigenvalue weighted by atomic mass is 16.5. The van der Waals surface area contributed by atoms with Gasteiger partial charge in [-0.2, -0.15) is 0 Å². The second kappa shape index (κ2) is 8.93. The number of ether oxygens (including phenoxy) is 2. The summed E-state index contributed by atoms with van der Waals surface area (Å²) in [5, 5.41) is 11.3. The van der Waals surface area contributed by atoms with Gasteiger partial charge in [-0.05, 0) is 24.3 Å². The number of rotatable bonds is 7. The molecule has 26 heavy (non-hydrogen) atoms. The molecule has 0 amide bonds. The van der Waals surface area contributed by atoms with E-state index < -0.39 is 6.10 Å². The summed E-state index contributed by atoms with van der Waals surface area (Å²) in [6.45, 7) is 4.31. The average Bonchev–Trinajstić information content (AvgIpc) is 2.67. The highest BCUT2D eigenvalue weighted by molar-refractivity contribution is 5.84. The monoisotopic (exact) mass is 359 g/mol. The van der Waals surface area contributed by atoms with Crippen molar-refractivity contribution >= 4 is 16.9 Å². The fourth-order valence-corrected chi connectivity index (χ4v) is 3.11. The molecule has 1 aliphatic rings. The van der Waals surface area contributed by atoms with Crippen molar-refractivity contribution in [3.8, 4) is 5.75 Å². The summed E-state index contributed by atoms with van der Waals surface area (Å²) in [5.74, 6) is 0.522. The van der Waals surface area contributed by atoms with Gasteiger partial charge in [0.1, 0.15) is 18.5 Å². The fraction of sp³-hybridized carbons (Fsp3) is 0.474. The van der Waals surface area contributed by atoms with Crippen LogP contribution in [0.5, 0.6) is 5.75 Å². The van der Waals surface area contributed by atoms with Crippen molar-refractivity contribution < 1.29 is 19.4 Å². The van der Waals surface area contributed by atoms with E-state index in [9.17, 15) is 9.90 Å². The number of piperazine rings is 1. The smallest absolute Gasteiger partial charge is 0.319 e. The maximum Gasteiger partial charge on any atom is 0.319 e. The number of aliphatic hydroxyl groups is 1. The summed E-state index contributed by atoms with van der Waals surface area (Å²) in [6.07, 6.45) is 1.18. The molecule has 1 atom stereocenters. The van der Waals surface area contributed by atoms with Crippen molar-refractivity contribution in [1.82, 2.24) is 14.8 Å². The largest absolute Gasteiger partial charge is 0.490 e. The van der Waals surface area contributed by atoms with E-state index in [1.807, 2.05) is 30.3 Å². The highest BCUT2D eigenvalue weighted by Gasteiger charge is 2.21. The van der Waals surface area contributed by atoms with Gasteiger partial charge >= 0.3 is 5.97 Å². The van der Waals surface area contributed by atoms with E-state index in [0.717, 1.165) is 42.8 Å². The molecule has 0 saturated carbocycles. The zero-order chi connectivity index (χ0) is 18.4. The molecule has 1 N–H and O–H groups in total. The number of carbonyl (C=O) groups is 1. The Kier molecular flexibility index (Phi) is 6.38. The first-order valence-electron chi connectivity index (χ1n) is 8.82. The second-order valence-electron chi connectivity index (χ2n) is 6.44. The van der Waals surface area contributed by atoms with E-state index >= 15 is 0 Å². The van der Waals surface area contributed by atoms with Gasteiger partial charge in [-0.15, -0.1) is 0 Å². The second-order valence-corrected chi connectivity index (χ2v) is 6.44. The Hall–Kier alpha value is -2.22. The number of methoxy groups -OCH3 is 1. The van der Waals surface area contributed by atoms with E-state index in [0.29, 0.717) is 13.1 Å². The van der Waals surface area contributed by atoms with Crippen LogP contribution in [0, 0.1) is 0 Å². The van der Waals surface area contributed by atoms with Gasteiger partial charge < -0.3 is 14.6 Å². The molecule has 7 heteroatoms. The summed E-state index contributed by atoms with van der Waals surface area (Å²) >= 11 is 0. The third-order valence-electron chi connectivity index (χ3n) is 4.55. The van der Waals surface area contributed by atoms with E-state index in [1.165, 1.54) is 7.11 Å². The third-order valence-corrected chi connectivity index (χ3v) is 4.55. The fourth-order valence-electron chi connectivity index (χ4n) is 3.11. The van der Waals surface area contributed by atoms with Crippen molar-refractivity contribution in [3.63, 3.8) is 0 Å². The first-order chi connectivity index (χ1) is 12.7. The number of pyridine rings is 1. The first-order valence-corrected chi connectivity index (χ1v) is 8.82. The molecule has 3 rings (SSSR count). The molecule has 1 aromatic heterocycles. The molecule has 1 fully saturated rings. The van der Waals surface area contributed by atoms with Crippen LogP contribution in [0.2, 0.25) is 0 Å². The van der Waals surface area contributed by atoms with Gasteiger partial charge in [-0.25, -0.2) is 0 Å². The quantitative estimate of drug-likeness (QED) is 0.732. The molecular formula is C19H25N3O4. The lowest BCUT2D eigenvalue weighted by molar-refractivity contribution is -0.142. The van der Waals surface area contributed by atoms with Crippen LogP contribution in [0.25, 0.3) is 10.9 Å². The van der Waals surface area contributed by atoms with Crippen molar-refractivity contribution in [2.45, 2.75) is 6.10 Å². The van der Waals surface area contributed by atoms with Gasteiger partial charge in [-0.1, -0.05) is 6.07 Å². The SMILES string of the molecule is COC(=O)CN1CCN(C[C@@H](O)COc2cccc3ncccc23)CC1. The van der Waals surface area contributed by atoms with Crippen molar-refractivity contribution in [2.24, 2.45) is 0 Å². The predicted octanol–water partition coefficient (Wildman–Crippen LogP) is 0.765. The minimum atomic E-state index is -0.575. The molecule has 1 aromatic carbocycles. The van der Waals surface area contributed by atoms with Crippen LogP contribution in [0.4, 0.5) is 0 Å². The lowest BCUT2D eigenvalue weighted by Gasteiger charge is -2.34. The summed E-state index contributed by atoms with van der Waals surface area (Å²) < 4.78 is 10.5. The van der Waals surface area contributed by atoms with Crippen LogP contribution in [-0.2, 0) is 9.53 Å².